The summed E-state index contributed by atoms with van der Waals surface area (Å²) in [5.74, 6) is 0. The van der Waals surface area contributed by atoms with Crippen LogP contribution in [0.5, 0.6) is 0 Å². The summed E-state index contributed by atoms with van der Waals surface area (Å²) in [5.41, 5.74) is 0. The highest BCUT2D eigenvalue weighted by Gasteiger charge is 2.01. The normalized spacial score (nSPS) is 9.50. The van der Waals surface area contributed by atoms with Crippen molar-refractivity contribution in [3.05, 3.63) is 0 Å². The highest BCUT2D eigenvalue weighted by molar-refractivity contribution is 5.58. The van der Waals surface area contributed by atoms with E-state index in [0.717, 1.165) is 0 Å². The Morgan fingerprint density at radius 3 is 2.50 bits per heavy atom. The van der Waals surface area contributed by atoms with Crippen molar-refractivity contribution in [2.24, 2.45) is 0 Å². The molecule has 5 nitrogen and oxygen atoms in total. The van der Waals surface area contributed by atoms with Crippen LogP contribution in [0.25, 0.3) is 0 Å². The fourth-order valence-corrected chi connectivity index (χ4v) is 0.469. The molecule has 0 aliphatic heterocycles. The van der Waals surface area contributed by atoms with Gasteiger partial charge < -0.3 is 9.47 Å². The van der Waals surface area contributed by atoms with E-state index < -0.39 is 6.16 Å². The average Bonchev–Trinajstić information content (AvgIpc) is 2.05. The number of carbonyl (C=O) groups is 1. The highest BCUT2D eigenvalue weighted by atomic mass is 17.2. The molecular formula is C7H14O5. The van der Waals surface area contributed by atoms with E-state index in [1.807, 2.05) is 6.92 Å². The van der Waals surface area contributed by atoms with E-state index in [9.17, 15) is 4.79 Å². The minimum absolute atomic E-state index is 0.215. The molecule has 0 saturated carbocycles. The van der Waals surface area contributed by atoms with Gasteiger partial charge >= 0.3 is 6.16 Å². The van der Waals surface area contributed by atoms with Gasteiger partial charge in [-0.15, -0.1) is 0 Å². The zero-order valence-corrected chi connectivity index (χ0v) is 7.37. The third-order valence-corrected chi connectivity index (χ3v) is 0.904. The molecule has 0 aliphatic rings. The van der Waals surface area contributed by atoms with Gasteiger partial charge in [-0.3, -0.25) is 4.89 Å². The van der Waals surface area contributed by atoms with E-state index in [4.69, 9.17) is 4.74 Å². The molecular weight excluding hydrogens is 164 g/mol. The fraction of sp³-hybridized carbons (Fsp3) is 0.857. The number of hydrogen-bond donors (Lipinski definition) is 0. The van der Waals surface area contributed by atoms with Gasteiger partial charge in [-0.25, -0.2) is 4.79 Å². The number of hydrogen-bond acceptors (Lipinski definition) is 5. The number of rotatable bonds is 6. The maximum atomic E-state index is 10.5. The zero-order chi connectivity index (χ0) is 9.23. The molecule has 0 saturated heterocycles. The SMILES string of the molecule is CCOCCOOC(=O)OCC. The monoisotopic (exact) mass is 178 g/mol. The van der Waals surface area contributed by atoms with Gasteiger partial charge in [0.05, 0.1) is 13.2 Å². The second-order valence-corrected chi connectivity index (χ2v) is 1.79. The number of ether oxygens (including phenoxy) is 2. The van der Waals surface area contributed by atoms with Crippen LogP contribution in [-0.2, 0) is 19.2 Å². The van der Waals surface area contributed by atoms with Gasteiger partial charge in [0.1, 0.15) is 6.61 Å². The first-order valence-electron chi connectivity index (χ1n) is 3.85. The van der Waals surface area contributed by atoms with E-state index in [0.29, 0.717) is 13.2 Å². The highest BCUT2D eigenvalue weighted by Crippen LogP contribution is 1.86. The van der Waals surface area contributed by atoms with Crippen molar-refractivity contribution in [2.45, 2.75) is 13.8 Å². The Morgan fingerprint density at radius 1 is 1.17 bits per heavy atom. The van der Waals surface area contributed by atoms with Crippen molar-refractivity contribution in [3.63, 3.8) is 0 Å². The minimum Gasteiger partial charge on any atom is -0.433 e. The summed E-state index contributed by atoms with van der Waals surface area (Å²) in [7, 11) is 0. The largest absolute Gasteiger partial charge is 0.540 e. The van der Waals surface area contributed by atoms with Gasteiger partial charge in [-0.2, -0.15) is 4.89 Å². The summed E-state index contributed by atoms with van der Waals surface area (Å²) in [5, 5.41) is 0. The Hall–Kier alpha value is -0.810. The van der Waals surface area contributed by atoms with Gasteiger partial charge in [-0.05, 0) is 13.8 Å². The molecule has 0 aromatic heterocycles. The molecule has 12 heavy (non-hydrogen) atoms. The van der Waals surface area contributed by atoms with Gasteiger partial charge in [0.25, 0.3) is 0 Å². The van der Waals surface area contributed by atoms with Crippen LogP contribution in [0, 0.1) is 0 Å². The molecule has 5 heteroatoms. The van der Waals surface area contributed by atoms with Crippen LogP contribution in [0.2, 0.25) is 0 Å². The predicted octanol–water partition coefficient (Wildman–Crippen LogP) is 1.13. The topological polar surface area (TPSA) is 54.0 Å². The molecule has 0 fully saturated rings. The molecule has 0 aliphatic carbocycles. The average molecular weight is 178 g/mol. The standard InChI is InChI=1S/C7H14O5/c1-3-9-5-6-11-12-7(8)10-4-2/h3-6H2,1-2H3. The predicted molar refractivity (Wildman–Crippen MR) is 40.6 cm³/mol. The van der Waals surface area contributed by atoms with Crippen LogP contribution in [0.3, 0.4) is 0 Å². The van der Waals surface area contributed by atoms with Crippen molar-refractivity contribution in [2.75, 3.05) is 26.4 Å². The Morgan fingerprint density at radius 2 is 1.92 bits per heavy atom. The van der Waals surface area contributed by atoms with E-state index in [-0.39, 0.29) is 13.2 Å². The lowest BCUT2D eigenvalue weighted by Crippen LogP contribution is -2.11. The first kappa shape index (κ1) is 11.2. The first-order chi connectivity index (χ1) is 5.81. The summed E-state index contributed by atoms with van der Waals surface area (Å²) in [6.07, 6.45) is -0.825. The molecule has 0 aromatic rings. The van der Waals surface area contributed by atoms with Crippen molar-refractivity contribution in [1.29, 1.82) is 0 Å². The lowest BCUT2D eigenvalue weighted by atomic mass is 10.7. The first-order valence-corrected chi connectivity index (χ1v) is 3.85. The fourth-order valence-electron chi connectivity index (χ4n) is 0.469. The lowest BCUT2D eigenvalue weighted by molar-refractivity contribution is -0.259. The summed E-state index contributed by atoms with van der Waals surface area (Å²) in [4.78, 5) is 19.1. The maximum absolute atomic E-state index is 10.5. The Bertz CT molecular complexity index is 114. The summed E-state index contributed by atoms with van der Waals surface area (Å²) in [6.45, 7) is 5.05. The van der Waals surface area contributed by atoms with Crippen LogP contribution in [0.1, 0.15) is 13.8 Å². The molecule has 0 bridgehead atoms. The quantitative estimate of drug-likeness (QED) is 0.264. The smallest absolute Gasteiger partial charge is 0.433 e. The van der Waals surface area contributed by atoms with Crippen molar-refractivity contribution >= 4 is 6.16 Å². The van der Waals surface area contributed by atoms with Crippen LogP contribution < -0.4 is 0 Å². The van der Waals surface area contributed by atoms with Crippen LogP contribution in [-0.4, -0.2) is 32.6 Å². The summed E-state index contributed by atoms with van der Waals surface area (Å²) >= 11 is 0. The van der Waals surface area contributed by atoms with Crippen LogP contribution in [0.4, 0.5) is 4.79 Å². The molecule has 0 aromatic carbocycles. The van der Waals surface area contributed by atoms with E-state index in [2.05, 4.69) is 14.5 Å². The molecule has 0 radical (unpaired) electrons. The van der Waals surface area contributed by atoms with Gasteiger partial charge in [-0.1, -0.05) is 0 Å². The molecule has 0 unspecified atom stereocenters. The third-order valence-electron chi connectivity index (χ3n) is 0.904. The maximum Gasteiger partial charge on any atom is 0.540 e. The zero-order valence-electron chi connectivity index (χ0n) is 7.37. The molecule has 0 atom stereocenters. The van der Waals surface area contributed by atoms with Gasteiger partial charge in [0.2, 0.25) is 0 Å². The molecule has 0 spiro atoms. The van der Waals surface area contributed by atoms with E-state index in [1.165, 1.54) is 0 Å². The van der Waals surface area contributed by atoms with Crippen molar-refractivity contribution in [3.8, 4) is 0 Å². The minimum atomic E-state index is -0.825. The molecule has 0 heterocycles. The van der Waals surface area contributed by atoms with E-state index >= 15 is 0 Å². The Balaban J connectivity index is 3.03. The van der Waals surface area contributed by atoms with Crippen molar-refractivity contribution < 1.29 is 24.0 Å². The third kappa shape index (κ3) is 7.30. The molecule has 0 N–H and O–H groups in total. The van der Waals surface area contributed by atoms with Crippen LogP contribution >= 0.6 is 0 Å². The molecule has 0 rings (SSSR count). The lowest BCUT2D eigenvalue weighted by Gasteiger charge is -2.02. The second-order valence-electron chi connectivity index (χ2n) is 1.79. The van der Waals surface area contributed by atoms with E-state index in [1.54, 1.807) is 6.92 Å². The number of carbonyl (C=O) groups excluding carboxylic acids is 1. The van der Waals surface area contributed by atoms with Gasteiger partial charge in [0.15, 0.2) is 0 Å². The summed E-state index contributed by atoms with van der Waals surface area (Å²) < 4.78 is 9.34. The van der Waals surface area contributed by atoms with Gasteiger partial charge in [0, 0.05) is 6.61 Å². The summed E-state index contributed by atoms with van der Waals surface area (Å²) in [6, 6.07) is 0. The second kappa shape index (κ2) is 8.29. The Kier molecular flexibility index (Phi) is 7.73. The van der Waals surface area contributed by atoms with Crippen molar-refractivity contribution in [1.82, 2.24) is 0 Å². The molecule has 0 amide bonds. The molecule has 72 valence electrons. The Labute approximate surface area is 71.5 Å². The van der Waals surface area contributed by atoms with Crippen LogP contribution in [0.15, 0.2) is 0 Å².